The van der Waals surface area contributed by atoms with E-state index < -0.39 is 0 Å². The van der Waals surface area contributed by atoms with Gasteiger partial charge in [0.05, 0.1) is 11.0 Å². The summed E-state index contributed by atoms with van der Waals surface area (Å²) in [5, 5.41) is 0. The first kappa shape index (κ1) is 14.4. The zero-order valence-corrected chi connectivity index (χ0v) is 13.2. The summed E-state index contributed by atoms with van der Waals surface area (Å²) in [6.07, 6.45) is 3.73. The van der Waals surface area contributed by atoms with Crippen molar-refractivity contribution in [3.05, 3.63) is 34.2 Å². The number of fused-ring (bicyclic) bond motifs is 1. The molecule has 0 amide bonds. The Balaban J connectivity index is 1.95. The number of aromatic nitrogens is 2. The number of aromatic amines is 1. The fourth-order valence-corrected chi connectivity index (χ4v) is 3.55. The van der Waals surface area contributed by atoms with Crippen LogP contribution in [0.15, 0.2) is 23.0 Å². The number of rotatable bonds is 3. The van der Waals surface area contributed by atoms with Gasteiger partial charge in [0.25, 0.3) is 0 Å². The molecule has 0 radical (unpaired) electrons. The SMILES string of the molecule is Cc1ccc2[nH]c(=O)n(CC3CCCCN3C(C)C)c2c1. The Hall–Kier alpha value is -1.55. The van der Waals surface area contributed by atoms with E-state index in [1.165, 1.54) is 24.8 Å². The second-order valence-electron chi connectivity index (χ2n) is 6.54. The Morgan fingerprint density at radius 2 is 2.14 bits per heavy atom. The minimum absolute atomic E-state index is 0.0184. The Bertz CT molecular complexity index is 683. The second-order valence-corrected chi connectivity index (χ2v) is 6.54. The lowest BCUT2D eigenvalue weighted by Crippen LogP contribution is -2.46. The van der Waals surface area contributed by atoms with Crippen molar-refractivity contribution in [3.63, 3.8) is 0 Å². The maximum Gasteiger partial charge on any atom is 0.326 e. The van der Waals surface area contributed by atoms with E-state index >= 15 is 0 Å². The van der Waals surface area contributed by atoms with E-state index in [0.29, 0.717) is 12.1 Å². The third-order valence-corrected chi connectivity index (χ3v) is 4.66. The molecule has 114 valence electrons. The summed E-state index contributed by atoms with van der Waals surface area (Å²) < 4.78 is 1.92. The summed E-state index contributed by atoms with van der Waals surface area (Å²) in [6.45, 7) is 8.52. The highest BCUT2D eigenvalue weighted by Crippen LogP contribution is 2.22. The number of hydrogen-bond donors (Lipinski definition) is 1. The van der Waals surface area contributed by atoms with Crippen molar-refractivity contribution in [1.82, 2.24) is 14.5 Å². The van der Waals surface area contributed by atoms with Crippen LogP contribution in [0.3, 0.4) is 0 Å². The van der Waals surface area contributed by atoms with Gasteiger partial charge in [-0.05, 0) is 57.9 Å². The average Bonchev–Trinajstić information content (AvgIpc) is 2.75. The van der Waals surface area contributed by atoms with Gasteiger partial charge in [-0.1, -0.05) is 12.5 Å². The van der Waals surface area contributed by atoms with Gasteiger partial charge in [-0.3, -0.25) is 9.47 Å². The van der Waals surface area contributed by atoms with Gasteiger partial charge in [0.2, 0.25) is 0 Å². The molecule has 0 aliphatic carbocycles. The topological polar surface area (TPSA) is 41.0 Å². The first-order valence-electron chi connectivity index (χ1n) is 8.01. The molecule has 1 aliphatic rings. The number of hydrogen-bond acceptors (Lipinski definition) is 2. The van der Waals surface area contributed by atoms with Crippen LogP contribution in [0.2, 0.25) is 0 Å². The Labute approximate surface area is 125 Å². The number of nitrogens with zero attached hydrogens (tertiary/aromatic N) is 2. The van der Waals surface area contributed by atoms with Gasteiger partial charge in [0.1, 0.15) is 0 Å². The highest BCUT2D eigenvalue weighted by atomic mass is 16.1. The van der Waals surface area contributed by atoms with E-state index in [0.717, 1.165) is 24.1 Å². The zero-order chi connectivity index (χ0) is 15.0. The van der Waals surface area contributed by atoms with Crippen molar-refractivity contribution < 1.29 is 0 Å². The normalized spacial score (nSPS) is 20.5. The highest BCUT2D eigenvalue weighted by molar-refractivity contribution is 5.75. The van der Waals surface area contributed by atoms with Gasteiger partial charge in [-0.25, -0.2) is 4.79 Å². The molecule has 1 saturated heterocycles. The molecule has 1 fully saturated rings. The summed E-state index contributed by atoms with van der Waals surface area (Å²) in [5.74, 6) is 0. The van der Waals surface area contributed by atoms with Crippen molar-refractivity contribution >= 4 is 11.0 Å². The van der Waals surface area contributed by atoms with Crippen LogP contribution in [0.4, 0.5) is 0 Å². The highest BCUT2D eigenvalue weighted by Gasteiger charge is 2.25. The molecular weight excluding hydrogens is 262 g/mol. The molecule has 1 aliphatic heterocycles. The monoisotopic (exact) mass is 287 g/mol. The molecule has 1 atom stereocenters. The average molecular weight is 287 g/mol. The molecule has 1 N–H and O–H groups in total. The van der Waals surface area contributed by atoms with Crippen molar-refractivity contribution in [2.45, 2.75) is 58.7 Å². The number of likely N-dealkylation sites (tertiary alicyclic amines) is 1. The molecule has 2 aromatic rings. The van der Waals surface area contributed by atoms with Gasteiger partial charge in [-0.15, -0.1) is 0 Å². The first-order valence-corrected chi connectivity index (χ1v) is 8.01. The third kappa shape index (κ3) is 2.77. The number of aryl methyl sites for hydroxylation is 1. The van der Waals surface area contributed by atoms with E-state index in [1.807, 2.05) is 16.7 Å². The van der Waals surface area contributed by atoms with Gasteiger partial charge < -0.3 is 4.98 Å². The molecule has 1 aromatic heterocycles. The lowest BCUT2D eigenvalue weighted by molar-refractivity contribution is 0.0993. The molecular formula is C17H25N3O. The molecule has 4 heteroatoms. The summed E-state index contributed by atoms with van der Waals surface area (Å²) in [6, 6.07) is 7.16. The van der Waals surface area contributed by atoms with Crippen molar-refractivity contribution in [3.8, 4) is 0 Å². The zero-order valence-electron chi connectivity index (χ0n) is 13.2. The predicted molar refractivity (Wildman–Crippen MR) is 86.8 cm³/mol. The van der Waals surface area contributed by atoms with Gasteiger partial charge in [-0.2, -0.15) is 0 Å². The van der Waals surface area contributed by atoms with Crippen LogP contribution in [0.1, 0.15) is 38.7 Å². The van der Waals surface area contributed by atoms with Crippen LogP contribution in [-0.4, -0.2) is 33.1 Å². The largest absolute Gasteiger partial charge is 0.326 e. The number of piperidine rings is 1. The van der Waals surface area contributed by atoms with E-state index in [-0.39, 0.29) is 5.69 Å². The molecule has 21 heavy (non-hydrogen) atoms. The summed E-state index contributed by atoms with van der Waals surface area (Å²) >= 11 is 0. The summed E-state index contributed by atoms with van der Waals surface area (Å²) in [5.41, 5.74) is 3.19. The standard InChI is InChI=1S/C17H25N3O/c1-12(2)19-9-5-4-6-14(19)11-20-16-10-13(3)7-8-15(16)18-17(20)21/h7-8,10,12,14H,4-6,9,11H2,1-3H3,(H,18,21). The maximum atomic E-state index is 12.3. The third-order valence-electron chi connectivity index (χ3n) is 4.66. The Morgan fingerprint density at radius 1 is 1.33 bits per heavy atom. The lowest BCUT2D eigenvalue weighted by atomic mass is 10.00. The fraction of sp³-hybridized carbons (Fsp3) is 0.588. The predicted octanol–water partition coefficient (Wildman–Crippen LogP) is 2.90. The van der Waals surface area contributed by atoms with Crippen LogP contribution in [0, 0.1) is 6.92 Å². The Morgan fingerprint density at radius 3 is 2.90 bits per heavy atom. The van der Waals surface area contributed by atoms with Crippen LogP contribution in [-0.2, 0) is 6.54 Å². The number of benzene rings is 1. The minimum Gasteiger partial charge on any atom is -0.306 e. The summed E-state index contributed by atoms with van der Waals surface area (Å²) in [7, 11) is 0. The molecule has 4 nitrogen and oxygen atoms in total. The van der Waals surface area contributed by atoms with Crippen molar-refractivity contribution in [2.24, 2.45) is 0 Å². The lowest BCUT2D eigenvalue weighted by Gasteiger charge is -2.38. The molecule has 1 aromatic carbocycles. The molecule has 2 heterocycles. The molecule has 0 bridgehead atoms. The Kier molecular flexibility index (Phi) is 3.89. The van der Waals surface area contributed by atoms with E-state index in [2.05, 4.69) is 36.7 Å². The molecule has 1 unspecified atom stereocenters. The number of imidazole rings is 1. The van der Waals surface area contributed by atoms with E-state index in [9.17, 15) is 4.79 Å². The summed E-state index contributed by atoms with van der Waals surface area (Å²) in [4.78, 5) is 17.8. The van der Waals surface area contributed by atoms with Crippen molar-refractivity contribution in [1.29, 1.82) is 0 Å². The van der Waals surface area contributed by atoms with Gasteiger partial charge in [0, 0.05) is 18.6 Å². The van der Waals surface area contributed by atoms with Gasteiger partial charge in [0.15, 0.2) is 0 Å². The van der Waals surface area contributed by atoms with Crippen LogP contribution in [0.25, 0.3) is 11.0 Å². The smallest absolute Gasteiger partial charge is 0.306 e. The van der Waals surface area contributed by atoms with Crippen LogP contribution >= 0.6 is 0 Å². The molecule has 0 spiro atoms. The quantitative estimate of drug-likeness (QED) is 0.943. The fourth-order valence-electron chi connectivity index (χ4n) is 3.55. The second kappa shape index (κ2) is 5.68. The maximum absolute atomic E-state index is 12.3. The van der Waals surface area contributed by atoms with E-state index in [1.54, 1.807) is 0 Å². The number of nitrogens with one attached hydrogen (secondary N) is 1. The minimum atomic E-state index is 0.0184. The van der Waals surface area contributed by atoms with Gasteiger partial charge >= 0.3 is 5.69 Å². The first-order chi connectivity index (χ1) is 10.1. The van der Waals surface area contributed by atoms with Crippen LogP contribution < -0.4 is 5.69 Å². The molecule has 3 rings (SSSR count). The van der Waals surface area contributed by atoms with Crippen molar-refractivity contribution in [2.75, 3.05) is 6.54 Å². The molecule has 0 saturated carbocycles. The van der Waals surface area contributed by atoms with E-state index in [4.69, 9.17) is 0 Å². The number of H-pyrrole nitrogens is 1. The van der Waals surface area contributed by atoms with Crippen LogP contribution in [0.5, 0.6) is 0 Å².